The standard InChI is InChI=1S/C14H12BrIN2O/c1-8-2-4-10(17)7-13(8)18-14(19)11-6-9(16)3-5-12(11)15/h2-7H,17H2,1H3,(H,18,19). The topological polar surface area (TPSA) is 55.1 Å². The molecular formula is C14H12BrIN2O. The van der Waals surface area contributed by atoms with Gasteiger partial charge in [-0.05, 0) is 81.3 Å². The highest BCUT2D eigenvalue weighted by Gasteiger charge is 2.12. The molecule has 0 saturated carbocycles. The van der Waals surface area contributed by atoms with Crippen molar-refractivity contribution in [3.05, 3.63) is 55.6 Å². The van der Waals surface area contributed by atoms with Gasteiger partial charge >= 0.3 is 0 Å². The fourth-order valence-electron chi connectivity index (χ4n) is 1.64. The minimum absolute atomic E-state index is 0.154. The molecule has 0 aliphatic carbocycles. The van der Waals surface area contributed by atoms with Crippen LogP contribution in [0, 0.1) is 10.5 Å². The van der Waals surface area contributed by atoms with Crippen LogP contribution >= 0.6 is 38.5 Å². The molecule has 2 aromatic rings. The molecule has 0 fully saturated rings. The third kappa shape index (κ3) is 3.48. The summed E-state index contributed by atoms with van der Waals surface area (Å²) in [5.41, 5.74) is 8.68. The first-order chi connectivity index (χ1) is 8.97. The molecular weight excluding hydrogens is 419 g/mol. The van der Waals surface area contributed by atoms with E-state index in [4.69, 9.17) is 5.73 Å². The molecule has 0 bridgehead atoms. The van der Waals surface area contributed by atoms with Crippen molar-refractivity contribution in [3.8, 4) is 0 Å². The smallest absolute Gasteiger partial charge is 0.256 e. The van der Waals surface area contributed by atoms with Gasteiger partial charge in [-0.3, -0.25) is 4.79 Å². The van der Waals surface area contributed by atoms with Gasteiger partial charge in [0.1, 0.15) is 0 Å². The van der Waals surface area contributed by atoms with Crippen LogP contribution < -0.4 is 11.1 Å². The summed E-state index contributed by atoms with van der Waals surface area (Å²) in [7, 11) is 0. The molecule has 0 spiro atoms. The Morgan fingerprint density at radius 1 is 1.26 bits per heavy atom. The molecule has 2 aromatic carbocycles. The quantitative estimate of drug-likeness (QED) is 0.554. The van der Waals surface area contributed by atoms with Crippen molar-refractivity contribution in [2.45, 2.75) is 6.92 Å². The summed E-state index contributed by atoms with van der Waals surface area (Å²) in [6.07, 6.45) is 0. The molecule has 3 N–H and O–H groups in total. The third-order valence-corrected chi connectivity index (χ3v) is 4.05. The normalized spacial score (nSPS) is 10.3. The lowest BCUT2D eigenvalue weighted by Crippen LogP contribution is -2.13. The Morgan fingerprint density at radius 3 is 2.74 bits per heavy atom. The fraction of sp³-hybridized carbons (Fsp3) is 0.0714. The second-order valence-corrected chi connectivity index (χ2v) is 6.25. The zero-order valence-corrected chi connectivity index (χ0v) is 13.9. The van der Waals surface area contributed by atoms with Crippen molar-refractivity contribution in [1.29, 1.82) is 0 Å². The zero-order chi connectivity index (χ0) is 14.0. The van der Waals surface area contributed by atoms with Crippen molar-refractivity contribution < 1.29 is 4.79 Å². The zero-order valence-electron chi connectivity index (χ0n) is 10.2. The Labute approximate surface area is 133 Å². The first-order valence-corrected chi connectivity index (χ1v) is 7.47. The molecule has 3 nitrogen and oxygen atoms in total. The number of benzene rings is 2. The van der Waals surface area contributed by atoms with E-state index < -0.39 is 0 Å². The highest BCUT2D eigenvalue weighted by Crippen LogP contribution is 2.23. The van der Waals surface area contributed by atoms with Gasteiger partial charge in [0.15, 0.2) is 0 Å². The largest absolute Gasteiger partial charge is 0.399 e. The van der Waals surface area contributed by atoms with E-state index >= 15 is 0 Å². The van der Waals surface area contributed by atoms with E-state index in [1.165, 1.54) is 0 Å². The fourth-order valence-corrected chi connectivity index (χ4v) is 2.55. The third-order valence-electron chi connectivity index (χ3n) is 2.68. The van der Waals surface area contributed by atoms with E-state index in [9.17, 15) is 4.79 Å². The number of aryl methyl sites for hydroxylation is 1. The van der Waals surface area contributed by atoms with E-state index in [0.717, 1.165) is 19.3 Å². The number of hydrogen-bond donors (Lipinski definition) is 2. The number of anilines is 2. The van der Waals surface area contributed by atoms with Crippen molar-refractivity contribution in [2.24, 2.45) is 0 Å². The molecule has 5 heteroatoms. The molecule has 0 saturated heterocycles. The van der Waals surface area contributed by atoms with Gasteiger partial charge in [-0.25, -0.2) is 0 Å². The first kappa shape index (κ1) is 14.3. The molecule has 0 unspecified atom stereocenters. The maximum atomic E-state index is 12.3. The molecule has 19 heavy (non-hydrogen) atoms. The molecule has 0 aliphatic heterocycles. The number of nitrogen functional groups attached to an aromatic ring is 1. The predicted molar refractivity (Wildman–Crippen MR) is 90.4 cm³/mol. The van der Waals surface area contributed by atoms with E-state index in [1.807, 2.05) is 37.3 Å². The van der Waals surface area contributed by atoms with Crippen LogP contribution in [-0.2, 0) is 0 Å². The van der Waals surface area contributed by atoms with Gasteiger partial charge in [0.2, 0.25) is 0 Å². The number of hydrogen-bond acceptors (Lipinski definition) is 2. The lowest BCUT2D eigenvalue weighted by molar-refractivity contribution is 0.102. The molecule has 0 atom stereocenters. The Kier molecular flexibility index (Phi) is 4.46. The van der Waals surface area contributed by atoms with Crippen LogP contribution in [0.25, 0.3) is 0 Å². The Balaban J connectivity index is 2.30. The number of carbonyl (C=O) groups is 1. The van der Waals surface area contributed by atoms with Crippen molar-refractivity contribution >= 4 is 55.8 Å². The predicted octanol–water partition coefficient (Wildman–Crippen LogP) is 4.20. The number of nitrogens with one attached hydrogen (secondary N) is 1. The van der Waals surface area contributed by atoms with Crippen LogP contribution in [0.4, 0.5) is 11.4 Å². The number of halogens is 2. The second kappa shape index (κ2) is 5.92. The van der Waals surface area contributed by atoms with E-state index in [0.29, 0.717) is 11.3 Å². The van der Waals surface area contributed by atoms with Crippen LogP contribution in [0.1, 0.15) is 15.9 Å². The summed E-state index contributed by atoms with van der Waals surface area (Å²) in [6, 6.07) is 11.1. The Bertz CT molecular complexity index is 643. The maximum absolute atomic E-state index is 12.3. The van der Waals surface area contributed by atoms with Gasteiger partial charge in [-0.15, -0.1) is 0 Å². The summed E-state index contributed by atoms with van der Waals surface area (Å²) in [4.78, 5) is 12.3. The van der Waals surface area contributed by atoms with Gasteiger partial charge in [0, 0.05) is 19.4 Å². The summed E-state index contributed by atoms with van der Waals surface area (Å²) < 4.78 is 1.78. The average Bonchev–Trinajstić information content (AvgIpc) is 2.36. The second-order valence-electron chi connectivity index (χ2n) is 4.15. The molecule has 0 heterocycles. The number of rotatable bonds is 2. The Hall–Kier alpha value is -1.08. The molecule has 0 radical (unpaired) electrons. The molecule has 0 aliphatic rings. The van der Waals surface area contributed by atoms with Gasteiger partial charge in [0.25, 0.3) is 5.91 Å². The highest BCUT2D eigenvalue weighted by atomic mass is 127. The van der Waals surface area contributed by atoms with Crippen LogP contribution in [-0.4, -0.2) is 5.91 Å². The Morgan fingerprint density at radius 2 is 2.00 bits per heavy atom. The summed E-state index contributed by atoms with van der Waals surface area (Å²) >= 11 is 5.57. The van der Waals surface area contributed by atoms with Crippen LogP contribution in [0.5, 0.6) is 0 Å². The number of nitrogens with two attached hydrogens (primary N) is 1. The molecule has 2 rings (SSSR count). The van der Waals surface area contributed by atoms with E-state index in [1.54, 1.807) is 6.07 Å². The van der Waals surface area contributed by atoms with Crippen molar-refractivity contribution in [1.82, 2.24) is 0 Å². The monoisotopic (exact) mass is 430 g/mol. The highest BCUT2D eigenvalue weighted by molar-refractivity contribution is 14.1. The molecule has 1 amide bonds. The van der Waals surface area contributed by atoms with Gasteiger partial charge < -0.3 is 11.1 Å². The average molecular weight is 431 g/mol. The summed E-state index contributed by atoms with van der Waals surface area (Å²) in [5.74, 6) is -0.154. The number of carbonyl (C=O) groups excluding carboxylic acids is 1. The molecule has 0 aromatic heterocycles. The van der Waals surface area contributed by atoms with Crippen LogP contribution in [0.15, 0.2) is 40.9 Å². The van der Waals surface area contributed by atoms with Crippen LogP contribution in [0.3, 0.4) is 0 Å². The van der Waals surface area contributed by atoms with Gasteiger partial charge in [-0.2, -0.15) is 0 Å². The van der Waals surface area contributed by atoms with Gasteiger partial charge in [0.05, 0.1) is 5.56 Å². The van der Waals surface area contributed by atoms with Crippen molar-refractivity contribution in [3.63, 3.8) is 0 Å². The van der Waals surface area contributed by atoms with Crippen molar-refractivity contribution in [2.75, 3.05) is 11.1 Å². The van der Waals surface area contributed by atoms with Crippen LogP contribution in [0.2, 0.25) is 0 Å². The first-order valence-electron chi connectivity index (χ1n) is 5.60. The SMILES string of the molecule is Cc1ccc(N)cc1NC(=O)c1cc(I)ccc1Br. The summed E-state index contributed by atoms with van der Waals surface area (Å²) in [5, 5.41) is 2.88. The minimum Gasteiger partial charge on any atom is -0.399 e. The minimum atomic E-state index is -0.154. The lowest BCUT2D eigenvalue weighted by atomic mass is 10.1. The molecule has 98 valence electrons. The van der Waals surface area contributed by atoms with E-state index in [2.05, 4.69) is 43.8 Å². The van der Waals surface area contributed by atoms with E-state index in [-0.39, 0.29) is 5.91 Å². The maximum Gasteiger partial charge on any atom is 0.256 e. The number of amides is 1. The summed E-state index contributed by atoms with van der Waals surface area (Å²) in [6.45, 7) is 1.93. The lowest BCUT2D eigenvalue weighted by Gasteiger charge is -2.10. The van der Waals surface area contributed by atoms with Gasteiger partial charge in [-0.1, -0.05) is 6.07 Å².